The number of pyridine rings is 1. The molecule has 2 rings (SSSR count). The van der Waals surface area contributed by atoms with Crippen LogP contribution in [-0.4, -0.2) is 15.8 Å². The number of carbonyl (C=O) groups is 1. The zero-order valence-electron chi connectivity index (χ0n) is 7.40. The molecule has 2 aromatic rings. The highest BCUT2D eigenvalue weighted by Gasteiger charge is 2.10. The van der Waals surface area contributed by atoms with Crippen LogP contribution in [0, 0.1) is 0 Å². The molecule has 14 heavy (non-hydrogen) atoms. The van der Waals surface area contributed by atoms with Crippen LogP contribution in [0.25, 0.3) is 0 Å². The molecule has 0 fully saturated rings. The minimum absolute atomic E-state index is 0.151. The van der Waals surface area contributed by atoms with Crippen LogP contribution in [-0.2, 0) is 0 Å². The van der Waals surface area contributed by atoms with Gasteiger partial charge in [0.1, 0.15) is 5.69 Å². The second-order valence-corrected chi connectivity index (χ2v) is 2.89. The van der Waals surface area contributed by atoms with E-state index in [1.165, 1.54) is 0 Å². The van der Waals surface area contributed by atoms with Gasteiger partial charge in [-0.25, -0.2) is 0 Å². The summed E-state index contributed by atoms with van der Waals surface area (Å²) in [4.78, 5) is 18.5. The largest absolute Gasteiger partial charge is 0.397 e. The maximum Gasteiger partial charge on any atom is 0.227 e. The van der Waals surface area contributed by atoms with Gasteiger partial charge in [-0.05, 0) is 18.2 Å². The van der Waals surface area contributed by atoms with E-state index in [4.69, 9.17) is 5.73 Å². The smallest absolute Gasteiger partial charge is 0.227 e. The van der Waals surface area contributed by atoms with E-state index in [2.05, 4.69) is 9.97 Å². The fraction of sp³-hybridized carbons (Fsp3) is 0. The van der Waals surface area contributed by atoms with Crippen molar-refractivity contribution >= 4 is 11.5 Å². The maximum absolute atomic E-state index is 11.7. The molecule has 4 heteroatoms. The van der Waals surface area contributed by atoms with Crippen molar-refractivity contribution in [2.24, 2.45) is 0 Å². The van der Waals surface area contributed by atoms with Crippen LogP contribution in [0.3, 0.4) is 0 Å². The van der Waals surface area contributed by atoms with E-state index < -0.39 is 0 Å². The molecule has 0 saturated heterocycles. The predicted molar refractivity (Wildman–Crippen MR) is 52.9 cm³/mol. The van der Waals surface area contributed by atoms with Crippen molar-refractivity contribution in [2.75, 3.05) is 5.73 Å². The lowest BCUT2D eigenvalue weighted by molar-refractivity contribution is 0.103. The van der Waals surface area contributed by atoms with Crippen LogP contribution in [0.4, 0.5) is 5.69 Å². The van der Waals surface area contributed by atoms with E-state index in [-0.39, 0.29) is 5.78 Å². The number of ketones is 1. The monoisotopic (exact) mass is 187 g/mol. The van der Waals surface area contributed by atoms with Gasteiger partial charge in [-0.15, -0.1) is 0 Å². The van der Waals surface area contributed by atoms with Gasteiger partial charge in [0, 0.05) is 18.1 Å². The molecule has 0 saturated carbocycles. The molecule has 2 aromatic heterocycles. The average molecular weight is 187 g/mol. The summed E-state index contributed by atoms with van der Waals surface area (Å²) in [5.74, 6) is -0.151. The van der Waals surface area contributed by atoms with Gasteiger partial charge in [-0.3, -0.25) is 9.78 Å². The van der Waals surface area contributed by atoms with Crippen LogP contribution in [0.15, 0.2) is 36.7 Å². The molecule has 2 heterocycles. The Morgan fingerprint density at radius 3 is 2.86 bits per heavy atom. The van der Waals surface area contributed by atoms with Crippen molar-refractivity contribution in [3.05, 3.63) is 48.0 Å². The Labute approximate surface area is 80.8 Å². The SMILES string of the molecule is Nc1c[nH]c(C(=O)c2ccccn2)c1. The lowest BCUT2D eigenvalue weighted by Gasteiger charge is -1.95. The quantitative estimate of drug-likeness (QED) is 0.694. The Kier molecular flexibility index (Phi) is 2.02. The molecule has 0 atom stereocenters. The third-order valence-corrected chi connectivity index (χ3v) is 1.85. The lowest BCUT2D eigenvalue weighted by atomic mass is 10.2. The molecule has 0 spiro atoms. The highest BCUT2D eigenvalue weighted by molar-refractivity contribution is 6.06. The minimum atomic E-state index is -0.151. The van der Waals surface area contributed by atoms with E-state index >= 15 is 0 Å². The molecular formula is C10H9N3O. The predicted octanol–water partition coefficient (Wildman–Crippen LogP) is 1.22. The van der Waals surface area contributed by atoms with Crippen LogP contribution < -0.4 is 5.73 Å². The molecule has 0 aliphatic rings. The lowest BCUT2D eigenvalue weighted by Crippen LogP contribution is -2.03. The molecule has 70 valence electrons. The standard InChI is InChI=1S/C10H9N3O/c11-7-5-9(13-6-7)10(14)8-3-1-2-4-12-8/h1-6,13H,11H2. The number of aromatic amines is 1. The second kappa shape index (κ2) is 3.33. The molecule has 4 nitrogen and oxygen atoms in total. The molecule has 0 aliphatic carbocycles. The van der Waals surface area contributed by atoms with Crippen molar-refractivity contribution in [1.29, 1.82) is 0 Å². The van der Waals surface area contributed by atoms with E-state index in [0.29, 0.717) is 17.1 Å². The summed E-state index contributed by atoms with van der Waals surface area (Å²) in [6.07, 6.45) is 3.16. The third kappa shape index (κ3) is 1.50. The maximum atomic E-state index is 11.7. The Morgan fingerprint density at radius 2 is 2.29 bits per heavy atom. The number of nitrogen functional groups attached to an aromatic ring is 1. The summed E-state index contributed by atoms with van der Waals surface area (Å²) in [6, 6.07) is 6.79. The highest BCUT2D eigenvalue weighted by atomic mass is 16.1. The molecule has 0 bridgehead atoms. The summed E-state index contributed by atoms with van der Waals surface area (Å²) in [6.45, 7) is 0. The fourth-order valence-corrected chi connectivity index (χ4v) is 1.18. The topological polar surface area (TPSA) is 71.8 Å². The first-order valence-electron chi connectivity index (χ1n) is 4.17. The Morgan fingerprint density at radius 1 is 1.43 bits per heavy atom. The van der Waals surface area contributed by atoms with Crippen LogP contribution in [0.5, 0.6) is 0 Å². The first-order valence-corrected chi connectivity index (χ1v) is 4.17. The van der Waals surface area contributed by atoms with Gasteiger partial charge in [0.2, 0.25) is 5.78 Å². The van der Waals surface area contributed by atoms with Crippen LogP contribution in [0.2, 0.25) is 0 Å². The van der Waals surface area contributed by atoms with Crippen LogP contribution in [0.1, 0.15) is 16.2 Å². The number of nitrogens with two attached hydrogens (primary N) is 1. The molecule has 0 radical (unpaired) electrons. The fourth-order valence-electron chi connectivity index (χ4n) is 1.18. The van der Waals surface area contributed by atoms with E-state index in [1.807, 2.05) is 0 Å². The van der Waals surface area contributed by atoms with E-state index in [1.54, 1.807) is 36.7 Å². The number of hydrogen-bond donors (Lipinski definition) is 2. The molecule has 0 aliphatic heterocycles. The van der Waals surface area contributed by atoms with Crippen molar-refractivity contribution in [3.63, 3.8) is 0 Å². The number of carbonyl (C=O) groups excluding carboxylic acids is 1. The molecular weight excluding hydrogens is 178 g/mol. The minimum Gasteiger partial charge on any atom is -0.397 e. The first-order chi connectivity index (χ1) is 6.77. The molecule has 0 aromatic carbocycles. The van der Waals surface area contributed by atoms with Crippen molar-refractivity contribution in [2.45, 2.75) is 0 Å². The summed E-state index contributed by atoms with van der Waals surface area (Å²) >= 11 is 0. The van der Waals surface area contributed by atoms with Gasteiger partial charge in [0.15, 0.2) is 0 Å². The number of anilines is 1. The van der Waals surface area contributed by atoms with Gasteiger partial charge < -0.3 is 10.7 Å². The van der Waals surface area contributed by atoms with Gasteiger partial charge in [-0.2, -0.15) is 0 Å². The number of nitrogens with zero attached hydrogens (tertiary/aromatic N) is 1. The number of nitrogens with one attached hydrogen (secondary N) is 1. The van der Waals surface area contributed by atoms with E-state index in [9.17, 15) is 4.79 Å². The highest BCUT2D eigenvalue weighted by Crippen LogP contribution is 2.09. The van der Waals surface area contributed by atoms with Gasteiger partial charge >= 0.3 is 0 Å². The molecule has 0 amide bonds. The number of H-pyrrole nitrogens is 1. The molecule has 3 N–H and O–H groups in total. The Hall–Kier alpha value is -2.10. The van der Waals surface area contributed by atoms with Crippen molar-refractivity contribution in [1.82, 2.24) is 9.97 Å². The first kappa shape index (κ1) is 8.50. The zero-order valence-corrected chi connectivity index (χ0v) is 7.40. The normalized spacial score (nSPS) is 10.0. The average Bonchev–Trinajstić information content (AvgIpc) is 2.65. The Bertz CT molecular complexity index is 447. The number of aromatic nitrogens is 2. The third-order valence-electron chi connectivity index (χ3n) is 1.85. The van der Waals surface area contributed by atoms with E-state index in [0.717, 1.165) is 0 Å². The number of hydrogen-bond acceptors (Lipinski definition) is 3. The summed E-state index contributed by atoms with van der Waals surface area (Å²) in [7, 11) is 0. The van der Waals surface area contributed by atoms with Gasteiger partial charge in [0.25, 0.3) is 0 Å². The Balaban J connectivity index is 2.34. The van der Waals surface area contributed by atoms with Crippen LogP contribution >= 0.6 is 0 Å². The summed E-state index contributed by atoms with van der Waals surface area (Å²) in [5, 5.41) is 0. The summed E-state index contributed by atoms with van der Waals surface area (Å²) < 4.78 is 0. The van der Waals surface area contributed by atoms with Gasteiger partial charge in [0.05, 0.1) is 5.69 Å². The number of rotatable bonds is 2. The van der Waals surface area contributed by atoms with Crippen molar-refractivity contribution in [3.8, 4) is 0 Å². The molecule has 0 unspecified atom stereocenters. The second-order valence-electron chi connectivity index (χ2n) is 2.89. The van der Waals surface area contributed by atoms with Crippen molar-refractivity contribution < 1.29 is 4.79 Å². The summed E-state index contributed by atoms with van der Waals surface area (Å²) in [5.41, 5.74) is 6.91. The van der Waals surface area contributed by atoms with Gasteiger partial charge in [-0.1, -0.05) is 6.07 Å². The zero-order chi connectivity index (χ0) is 9.97.